The van der Waals surface area contributed by atoms with Crippen LogP contribution in [-0.4, -0.2) is 12.6 Å². The van der Waals surface area contributed by atoms with Crippen LogP contribution >= 0.6 is 11.3 Å². The van der Waals surface area contributed by atoms with E-state index in [0.29, 0.717) is 12.6 Å². The van der Waals surface area contributed by atoms with E-state index >= 15 is 0 Å². The van der Waals surface area contributed by atoms with Gasteiger partial charge in [0, 0.05) is 23.3 Å². The molecule has 0 aliphatic heterocycles. The molecule has 0 saturated carbocycles. The average molecular weight is 248 g/mol. The normalized spacial score (nSPS) is 15.0. The minimum Gasteiger partial charge on any atom is -0.329 e. The summed E-state index contributed by atoms with van der Waals surface area (Å²) in [5.41, 5.74) is 7.24. The molecule has 3 N–H and O–H groups in total. The number of nitrogens with two attached hydrogens (primary N) is 1. The summed E-state index contributed by atoms with van der Waals surface area (Å²) < 4.78 is 1.34. The highest BCUT2D eigenvalue weighted by molar-refractivity contribution is 7.17. The second-order valence-corrected chi connectivity index (χ2v) is 5.36. The monoisotopic (exact) mass is 248 g/mol. The molecule has 0 saturated heterocycles. The Labute approximate surface area is 107 Å². The summed E-state index contributed by atoms with van der Waals surface area (Å²) in [6.45, 7) is 5.04. The van der Waals surface area contributed by atoms with E-state index in [2.05, 4.69) is 48.8 Å². The first-order chi connectivity index (χ1) is 8.26. The third kappa shape index (κ3) is 2.68. The molecular formula is C14H20N2S. The molecular weight excluding hydrogens is 228 g/mol. The summed E-state index contributed by atoms with van der Waals surface area (Å²) in [6.07, 6.45) is 1.12. The Morgan fingerprint density at radius 2 is 2.12 bits per heavy atom. The third-order valence-corrected chi connectivity index (χ3v) is 4.20. The molecule has 2 unspecified atom stereocenters. The molecule has 2 atom stereocenters. The van der Waals surface area contributed by atoms with Crippen molar-refractivity contribution >= 4 is 21.4 Å². The number of fused-ring (bicyclic) bond motifs is 1. The first kappa shape index (κ1) is 12.6. The smallest absolute Gasteiger partial charge is 0.0461 e. The van der Waals surface area contributed by atoms with E-state index in [4.69, 9.17) is 5.73 Å². The number of nitrogens with one attached hydrogen (secondary N) is 1. The number of rotatable bonds is 5. The van der Waals surface area contributed by atoms with E-state index in [1.54, 1.807) is 11.3 Å². The molecule has 0 fully saturated rings. The molecule has 0 aliphatic carbocycles. The zero-order valence-corrected chi connectivity index (χ0v) is 11.3. The van der Waals surface area contributed by atoms with Crippen LogP contribution in [0.3, 0.4) is 0 Å². The van der Waals surface area contributed by atoms with Crippen molar-refractivity contribution in [2.45, 2.75) is 32.4 Å². The summed E-state index contributed by atoms with van der Waals surface area (Å²) in [6, 6.07) is 9.29. The lowest BCUT2D eigenvalue weighted by Crippen LogP contribution is -2.34. The van der Waals surface area contributed by atoms with Crippen LogP contribution in [0.1, 0.15) is 31.9 Å². The molecule has 1 aromatic heterocycles. The van der Waals surface area contributed by atoms with Gasteiger partial charge in [0.05, 0.1) is 0 Å². The lowest BCUT2D eigenvalue weighted by atomic mass is 10.0. The fraction of sp³-hybridized carbons (Fsp3) is 0.429. The Morgan fingerprint density at radius 3 is 2.82 bits per heavy atom. The second-order valence-electron chi connectivity index (χ2n) is 4.45. The molecule has 0 radical (unpaired) electrons. The maximum Gasteiger partial charge on any atom is 0.0461 e. The summed E-state index contributed by atoms with van der Waals surface area (Å²) in [5.74, 6) is 0. The SMILES string of the molecule is CCC(C)NC(CN)c1csc2ccccc12. The van der Waals surface area contributed by atoms with Crippen molar-refractivity contribution in [1.82, 2.24) is 5.32 Å². The molecule has 0 amide bonds. The second kappa shape index (κ2) is 5.63. The Kier molecular flexibility index (Phi) is 4.15. The molecule has 17 heavy (non-hydrogen) atoms. The van der Waals surface area contributed by atoms with Crippen LogP contribution in [0.5, 0.6) is 0 Å². The summed E-state index contributed by atoms with van der Waals surface area (Å²) >= 11 is 1.80. The largest absolute Gasteiger partial charge is 0.329 e. The van der Waals surface area contributed by atoms with Gasteiger partial charge in [-0.25, -0.2) is 0 Å². The highest BCUT2D eigenvalue weighted by atomic mass is 32.1. The minimum absolute atomic E-state index is 0.265. The highest BCUT2D eigenvalue weighted by Crippen LogP contribution is 2.30. The van der Waals surface area contributed by atoms with Gasteiger partial charge in [-0.1, -0.05) is 25.1 Å². The van der Waals surface area contributed by atoms with Crippen LogP contribution in [0.25, 0.3) is 10.1 Å². The molecule has 2 aromatic rings. The number of thiophene rings is 1. The number of benzene rings is 1. The standard InChI is InChI=1S/C14H20N2S/c1-3-10(2)16-13(8-15)12-9-17-14-7-5-4-6-11(12)14/h4-7,9-10,13,16H,3,8,15H2,1-2H3. The van der Waals surface area contributed by atoms with Crippen LogP contribution in [0.4, 0.5) is 0 Å². The van der Waals surface area contributed by atoms with Crippen LogP contribution in [0.15, 0.2) is 29.6 Å². The maximum absolute atomic E-state index is 5.90. The van der Waals surface area contributed by atoms with Gasteiger partial charge in [0.1, 0.15) is 0 Å². The topological polar surface area (TPSA) is 38.0 Å². The van der Waals surface area contributed by atoms with Gasteiger partial charge in [0.25, 0.3) is 0 Å². The van der Waals surface area contributed by atoms with Gasteiger partial charge in [-0.05, 0) is 35.7 Å². The van der Waals surface area contributed by atoms with E-state index < -0.39 is 0 Å². The Balaban J connectivity index is 2.30. The first-order valence-corrected chi connectivity index (χ1v) is 7.06. The van der Waals surface area contributed by atoms with Crippen molar-refractivity contribution in [3.63, 3.8) is 0 Å². The number of hydrogen-bond acceptors (Lipinski definition) is 3. The highest BCUT2D eigenvalue weighted by Gasteiger charge is 2.15. The maximum atomic E-state index is 5.90. The van der Waals surface area contributed by atoms with Crippen molar-refractivity contribution in [2.75, 3.05) is 6.54 Å². The fourth-order valence-electron chi connectivity index (χ4n) is 2.01. The van der Waals surface area contributed by atoms with Crippen LogP contribution in [0.2, 0.25) is 0 Å². The predicted octanol–water partition coefficient (Wildman–Crippen LogP) is 3.29. The molecule has 2 nitrogen and oxygen atoms in total. The molecule has 0 spiro atoms. The average Bonchev–Trinajstić information content (AvgIpc) is 2.79. The van der Waals surface area contributed by atoms with Crippen LogP contribution < -0.4 is 11.1 Å². The molecule has 0 bridgehead atoms. The van der Waals surface area contributed by atoms with Crippen molar-refractivity contribution in [3.8, 4) is 0 Å². The zero-order valence-electron chi connectivity index (χ0n) is 10.4. The third-order valence-electron chi connectivity index (χ3n) is 3.22. The zero-order chi connectivity index (χ0) is 12.3. The first-order valence-electron chi connectivity index (χ1n) is 6.18. The minimum atomic E-state index is 0.265. The van der Waals surface area contributed by atoms with E-state index in [0.717, 1.165) is 6.42 Å². The molecule has 3 heteroatoms. The lowest BCUT2D eigenvalue weighted by molar-refractivity contribution is 0.454. The van der Waals surface area contributed by atoms with Gasteiger partial charge in [0.2, 0.25) is 0 Å². The van der Waals surface area contributed by atoms with Crippen molar-refractivity contribution in [3.05, 3.63) is 35.2 Å². The van der Waals surface area contributed by atoms with Crippen LogP contribution in [-0.2, 0) is 0 Å². The number of hydrogen-bond donors (Lipinski definition) is 2. The lowest BCUT2D eigenvalue weighted by Gasteiger charge is -2.21. The molecule has 2 rings (SSSR count). The molecule has 1 heterocycles. The van der Waals surface area contributed by atoms with Gasteiger partial charge < -0.3 is 11.1 Å². The summed E-state index contributed by atoms with van der Waals surface area (Å²) in [4.78, 5) is 0. The molecule has 92 valence electrons. The van der Waals surface area contributed by atoms with Gasteiger partial charge >= 0.3 is 0 Å². The van der Waals surface area contributed by atoms with Crippen LogP contribution in [0, 0.1) is 0 Å². The van der Waals surface area contributed by atoms with Gasteiger partial charge in [-0.15, -0.1) is 11.3 Å². The van der Waals surface area contributed by atoms with Crippen molar-refractivity contribution in [2.24, 2.45) is 5.73 Å². The molecule has 1 aromatic carbocycles. The summed E-state index contributed by atoms with van der Waals surface area (Å²) in [5, 5.41) is 7.16. The Morgan fingerprint density at radius 1 is 1.35 bits per heavy atom. The van der Waals surface area contributed by atoms with Gasteiger partial charge in [-0.2, -0.15) is 0 Å². The fourth-order valence-corrected chi connectivity index (χ4v) is 3.03. The van der Waals surface area contributed by atoms with Gasteiger partial charge in [0.15, 0.2) is 0 Å². The van der Waals surface area contributed by atoms with E-state index in [-0.39, 0.29) is 6.04 Å². The van der Waals surface area contributed by atoms with E-state index in [1.807, 2.05) is 0 Å². The Hall–Kier alpha value is -0.900. The Bertz CT molecular complexity index is 478. The van der Waals surface area contributed by atoms with Crippen molar-refractivity contribution in [1.29, 1.82) is 0 Å². The van der Waals surface area contributed by atoms with Crippen molar-refractivity contribution < 1.29 is 0 Å². The van der Waals surface area contributed by atoms with Gasteiger partial charge in [-0.3, -0.25) is 0 Å². The molecule has 0 aliphatic rings. The quantitative estimate of drug-likeness (QED) is 0.852. The van der Waals surface area contributed by atoms with E-state index in [1.165, 1.54) is 15.6 Å². The summed E-state index contributed by atoms with van der Waals surface area (Å²) in [7, 11) is 0. The predicted molar refractivity (Wildman–Crippen MR) is 76.5 cm³/mol. The van der Waals surface area contributed by atoms with E-state index in [9.17, 15) is 0 Å².